The van der Waals surface area contributed by atoms with Crippen LogP contribution in [0.5, 0.6) is 0 Å². The third-order valence-electron chi connectivity index (χ3n) is 4.80. The molecule has 0 saturated carbocycles. The largest absolute Gasteiger partial charge is 0.449 e. The summed E-state index contributed by atoms with van der Waals surface area (Å²) in [7, 11) is 1.68. The Balaban J connectivity index is 1.56. The molecule has 1 aromatic heterocycles. The topological polar surface area (TPSA) is 79.7 Å². The Bertz CT molecular complexity index is 892. The quantitative estimate of drug-likeness (QED) is 0.661. The SMILES string of the molecule is CCCCOC(=O)N1CCN(c2ccc(Nc3nc(Br)cn(C)c3=O)cc2)CC1. The van der Waals surface area contributed by atoms with Crippen LogP contribution < -0.4 is 15.8 Å². The molecule has 0 atom stereocenters. The van der Waals surface area contributed by atoms with Crippen molar-refractivity contribution in [1.82, 2.24) is 14.5 Å². The van der Waals surface area contributed by atoms with Crippen LogP contribution in [-0.2, 0) is 11.8 Å². The Morgan fingerprint density at radius 3 is 2.55 bits per heavy atom. The van der Waals surface area contributed by atoms with Crippen molar-refractivity contribution in [1.29, 1.82) is 0 Å². The lowest BCUT2D eigenvalue weighted by molar-refractivity contribution is 0.0989. The van der Waals surface area contributed by atoms with Gasteiger partial charge < -0.3 is 24.4 Å². The zero-order valence-electron chi connectivity index (χ0n) is 16.7. The number of benzene rings is 1. The van der Waals surface area contributed by atoms with Crippen LogP contribution in [0, 0.1) is 0 Å². The minimum Gasteiger partial charge on any atom is -0.449 e. The van der Waals surface area contributed by atoms with Crippen molar-refractivity contribution in [3.63, 3.8) is 0 Å². The van der Waals surface area contributed by atoms with Gasteiger partial charge in [-0.2, -0.15) is 0 Å². The second-order valence-corrected chi connectivity index (χ2v) is 7.75. The zero-order valence-corrected chi connectivity index (χ0v) is 18.3. The lowest BCUT2D eigenvalue weighted by Gasteiger charge is -2.35. The van der Waals surface area contributed by atoms with Gasteiger partial charge in [0, 0.05) is 50.8 Å². The molecule has 1 saturated heterocycles. The van der Waals surface area contributed by atoms with Gasteiger partial charge in [-0.15, -0.1) is 0 Å². The minimum absolute atomic E-state index is 0.195. The standard InChI is InChI=1S/C20H26BrN5O3/c1-3-4-13-29-20(28)26-11-9-25(10-12-26)16-7-5-15(6-8-16)22-18-19(27)24(2)14-17(21)23-18/h5-8,14H,3-4,9-13H2,1-2H3,(H,22,23). The molecule has 2 aromatic rings. The lowest BCUT2D eigenvalue weighted by atomic mass is 10.2. The second kappa shape index (κ2) is 9.78. The van der Waals surface area contributed by atoms with Crippen LogP contribution in [0.3, 0.4) is 0 Å². The van der Waals surface area contributed by atoms with Crippen LogP contribution in [0.4, 0.5) is 22.0 Å². The Morgan fingerprint density at radius 2 is 1.90 bits per heavy atom. The fraction of sp³-hybridized carbons (Fsp3) is 0.450. The Labute approximate surface area is 178 Å². The number of aryl methyl sites for hydroxylation is 1. The van der Waals surface area contributed by atoms with E-state index in [-0.39, 0.29) is 17.5 Å². The van der Waals surface area contributed by atoms with Gasteiger partial charge in [0.2, 0.25) is 0 Å². The molecule has 1 aromatic carbocycles. The number of carbonyl (C=O) groups is 1. The maximum absolute atomic E-state index is 12.2. The van der Waals surface area contributed by atoms with Crippen LogP contribution in [0.25, 0.3) is 0 Å². The summed E-state index contributed by atoms with van der Waals surface area (Å²) in [6.07, 6.45) is 3.31. The number of rotatable bonds is 6. The van der Waals surface area contributed by atoms with Gasteiger partial charge in [-0.1, -0.05) is 13.3 Å². The highest BCUT2D eigenvalue weighted by Crippen LogP contribution is 2.21. The molecule has 1 N–H and O–H groups in total. The number of carbonyl (C=O) groups excluding carboxylic acids is 1. The van der Waals surface area contributed by atoms with Crippen LogP contribution in [-0.4, -0.2) is 53.3 Å². The fourth-order valence-electron chi connectivity index (χ4n) is 3.09. The van der Waals surface area contributed by atoms with Crippen molar-refractivity contribution < 1.29 is 9.53 Å². The molecule has 1 aliphatic heterocycles. The summed E-state index contributed by atoms with van der Waals surface area (Å²) in [4.78, 5) is 32.4. The highest BCUT2D eigenvalue weighted by Gasteiger charge is 2.22. The molecule has 1 fully saturated rings. The van der Waals surface area contributed by atoms with E-state index in [4.69, 9.17) is 4.74 Å². The molecule has 1 aliphatic rings. The van der Waals surface area contributed by atoms with Gasteiger partial charge in [0.15, 0.2) is 5.82 Å². The number of nitrogens with one attached hydrogen (secondary N) is 1. The molecule has 1 amide bonds. The van der Waals surface area contributed by atoms with E-state index >= 15 is 0 Å². The molecule has 0 bridgehead atoms. The van der Waals surface area contributed by atoms with Crippen LogP contribution in [0.2, 0.25) is 0 Å². The van der Waals surface area contributed by atoms with Gasteiger partial charge in [0.05, 0.1) is 6.61 Å². The van der Waals surface area contributed by atoms with E-state index in [1.165, 1.54) is 4.57 Å². The van der Waals surface area contributed by atoms with E-state index < -0.39 is 0 Å². The summed E-state index contributed by atoms with van der Waals surface area (Å²) in [6, 6.07) is 7.84. The van der Waals surface area contributed by atoms with Crippen LogP contribution in [0.1, 0.15) is 19.8 Å². The molecule has 8 nitrogen and oxygen atoms in total. The van der Waals surface area contributed by atoms with Crippen LogP contribution >= 0.6 is 15.9 Å². The van der Waals surface area contributed by atoms with Gasteiger partial charge in [-0.05, 0) is 46.6 Å². The monoisotopic (exact) mass is 463 g/mol. The molecule has 3 rings (SSSR count). The van der Waals surface area contributed by atoms with Gasteiger partial charge in [-0.3, -0.25) is 4.79 Å². The first-order valence-corrected chi connectivity index (χ1v) is 10.5. The number of nitrogens with zero attached hydrogens (tertiary/aromatic N) is 4. The van der Waals surface area contributed by atoms with Crippen molar-refractivity contribution in [2.45, 2.75) is 19.8 Å². The molecule has 9 heteroatoms. The summed E-state index contributed by atoms with van der Waals surface area (Å²) in [5.74, 6) is 0.268. The molecular formula is C20H26BrN5O3. The van der Waals surface area contributed by atoms with E-state index in [0.717, 1.165) is 37.3 Å². The third-order valence-corrected chi connectivity index (χ3v) is 5.18. The van der Waals surface area contributed by atoms with E-state index in [2.05, 4.69) is 38.1 Å². The maximum Gasteiger partial charge on any atom is 0.409 e. The zero-order chi connectivity index (χ0) is 20.8. The summed E-state index contributed by atoms with van der Waals surface area (Å²) in [6.45, 7) is 5.35. The normalized spacial score (nSPS) is 14.0. The Kier molecular flexibility index (Phi) is 7.13. The molecule has 0 radical (unpaired) electrons. The molecule has 29 heavy (non-hydrogen) atoms. The molecule has 2 heterocycles. The predicted octanol–water partition coefficient (Wildman–Crippen LogP) is 3.35. The number of unbranched alkanes of at least 4 members (excludes halogenated alkanes) is 1. The number of ether oxygens (including phenoxy) is 1. The highest BCUT2D eigenvalue weighted by molar-refractivity contribution is 9.10. The van der Waals surface area contributed by atoms with Crippen molar-refractivity contribution in [2.75, 3.05) is 43.0 Å². The lowest BCUT2D eigenvalue weighted by Crippen LogP contribution is -2.49. The van der Waals surface area contributed by atoms with E-state index in [1.807, 2.05) is 24.3 Å². The third kappa shape index (κ3) is 5.50. The first-order valence-electron chi connectivity index (χ1n) is 9.75. The molecule has 0 unspecified atom stereocenters. The summed E-state index contributed by atoms with van der Waals surface area (Å²) < 4.78 is 7.35. The van der Waals surface area contributed by atoms with Crippen molar-refractivity contribution >= 4 is 39.2 Å². The molecule has 0 aliphatic carbocycles. The highest BCUT2D eigenvalue weighted by atomic mass is 79.9. The van der Waals surface area contributed by atoms with Gasteiger partial charge in [0.1, 0.15) is 4.60 Å². The average molecular weight is 464 g/mol. The summed E-state index contributed by atoms with van der Waals surface area (Å²) in [5.41, 5.74) is 1.67. The second-order valence-electron chi connectivity index (χ2n) is 6.94. The van der Waals surface area contributed by atoms with Gasteiger partial charge in [-0.25, -0.2) is 9.78 Å². The number of aromatic nitrogens is 2. The number of piperazine rings is 1. The van der Waals surface area contributed by atoms with Crippen molar-refractivity contribution in [3.8, 4) is 0 Å². The van der Waals surface area contributed by atoms with Gasteiger partial charge in [0.25, 0.3) is 5.56 Å². The number of halogens is 1. The molecule has 156 valence electrons. The number of anilines is 3. The average Bonchev–Trinajstić information content (AvgIpc) is 2.72. The number of hydrogen-bond donors (Lipinski definition) is 1. The molecule has 0 spiro atoms. The molecular weight excluding hydrogens is 438 g/mol. The first kappa shape index (κ1) is 21.2. The predicted molar refractivity (Wildman–Crippen MR) is 117 cm³/mol. The fourth-order valence-corrected chi connectivity index (χ4v) is 3.57. The van der Waals surface area contributed by atoms with Gasteiger partial charge >= 0.3 is 6.09 Å². The Hall–Kier alpha value is -2.55. The van der Waals surface area contributed by atoms with E-state index in [0.29, 0.717) is 24.3 Å². The minimum atomic E-state index is -0.222. The van der Waals surface area contributed by atoms with E-state index in [1.54, 1.807) is 18.1 Å². The van der Waals surface area contributed by atoms with Crippen molar-refractivity contribution in [3.05, 3.63) is 45.4 Å². The summed E-state index contributed by atoms with van der Waals surface area (Å²) in [5, 5.41) is 3.07. The number of amides is 1. The van der Waals surface area contributed by atoms with E-state index in [9.17, 15) is 9.59 Å². The number of hydrogen-bond acceptors (Lipinski definition) is 6. The maximum atomic E-state index is 12.2. The van der Waals surface area contributed by atoms with Crippen LogP contribution in [0.15, 0.2) is 39.9 Å². The van der Waals surface area contributed by atoms with Crippen molar-refractivity contribution in [2.24, 2.45) is 7.05 Å². The smallest absolute Gasteiger partial charge is 0.409 e. The summed E-state index contributed by atoms with van der Waals surface area (Å²) >= 11 is 3.30. The Morgan fingerprint density at radius 1 is 1.21 bits per heavy atom. The first-order chi connectivity index (χ1) is 14.0.